The molecule has 1 atom stereocenters. The van der Waals surface area contributed by atoms with E-state index in [4.69, 9.17) is 18.2 Å². The first-order chi connectivity index (χ1) is 21.2. The summed E-state index contributed by atoms with van der Waals surface area (Å²) in [5.74, 6) is 0.425. The molecular formula is C37H22N2O3S. The standard InChI is InChI=1S/C37H22N2O3S/c40-43(24-10-2-1-3-11-24)34-22-23(25-14-8-18-32-35(25)26-12-4-6-16-30(26)41-32)20-21-29(34)38-37(39-43)28-15-9-19-33-36(28)27-13-5-7-17-31(27)42-33/h1-22H. The molecule has 0 saturated carbocycles. The van der Waals surface area contributed by atoms with Gasteiger partial charge in [-0.1, -0.05) is 84.9 Å². The maximum absolute atomic E-state index is 15.3. The highest BCUT2D eigenvalue weighted by Gasteiger charge is 2.28. The first-order valence-electron chi connectivity index (χ1n) is 14.0. The molecule has 204 valence electrons. The lowest BCUT2D eigenvalue weighted by Gasteiger charge is -2.20. The van der Waals surface area contributed by atoms with Crippen molar-refractivity contribution in [2.24, 2.45) is 9.36 Å². The van der Waals surface area contributed by atoms with E-state index >= 15 is 4.21 Å². The largest absolute Gasteiger partial charge is 0.456 e. The van der Waals surface area contributed by atoms with Crippen molar-refractivity contribution in [2.45, 2.75) is 9.79 Å². The molecule has 8 aromatic rings. The number of fused-ring (bicyclic) bond motifs is 7. The average Bonchev–Trinajstić information content (AvgIpc) is 3.63. The lowest BCUT2D eigenvalue weighted by atomic mass is 9.99. The second kappa shape index (κ2) is 9.02. The van der Waals surface area contributed by atoms with E-state index in [1.807, 2.05) is 121 Å². The highest BCUT2D eigenvalue weighted by Crippen LogP contribution is 2.43. The zero-order valence-electron chi connectivity index (χ0n) is 22.7. The number of rotatable bonds is 3. The van der Waals surface area contributed by atoms with Gasteiger partial charge in [0.05, 0.1) is 15.5 Å². The number of para-hydroxylation sites is 2. The van der Waals surface area contributed by atoms with Gasteiger partial charge in [0.15, 0.2) is 5.84 Å². The molecule has 0 aliphatic carbocycles. The summed E-state index contributed by atoms with van der Waals surface area (Å²) >= 11 is 0. The minimum absolute atomic E-state index is 0.425. The van der Waals surface area contributed by atoms with Gasteiger partial charge in [0.1, 0.15) is 32.1 Å². The number of benzene rings is 6. The van der Waals surface area contributed by atoms with Crippen LogP contribution in [0.15, 0.2) is 161 Å². The summed E-state index contributed by atoms with van der Waals surface area (Å²) in [5, 5.41) is 3.95. The number of amidine groups is 1. The molecule has 0 N–H and O–H groups in total. The predicted octanol–water partition coefficient (Wildman–Crippen LogP) is 10.1. The summed E-state index contributed by atoms with van der Waals surface area (Å²) in [6, 6.07) is 43.3. The van der Waals surface area contributed by atoms with Crippen LogP contribution in [0.25, 0.3) is 55.0 Å². The number of aliphatic imine (C=N–C) groups is 1. The van der Waals surface area contributed by atoms with Gasteiger partial charge < -0.3 is 8.83 Å². The summed E-state index contributed by atoms with van der Waals surface area (Å²) < 4.78 is 32.6. The lowest BCUT2D eigenvalue weighted by molar-refractivity contribution is 0.668. The zero-order valence-corrected chi connectivity index (χ0v) is 23.5. The van der Waals surface area contributed by atoms with Crippen molar-refractivity contribution >= 4 is 65.1 Å². The van der Waals surface area contributed by atoms with E-state index in [2.05, 4.69) is 12.1 Å². The van der Waals surface area contributed by atoms with Crippen LogP contribution in [0.3, 0.4) is 0 Å². The molecule has 6 heteroatoms. The van der Waals surface area contributed by atoms with Gasteiger partial charge in [0, 0.05) is 27.1 Å². The highest BCUT2D eigenvalue weighted by molar-refractivity contribution is 7.94. The molecule has 2 aromatic heterocycles. The second-order valence-corrected chi connectivity index (χ2v) is 12.7. The van der Waals surface area contributed by atoms with Crippen LogP contribution < -0.4 is 0 Å². The Bertz CT molecular complexity index is 2570. The van der Waals surface area contributed by atoms with Gasteiger partial charge >= 0.3 is 0 Å². The Morgan fingerprint density at radius 3 is 1.81 bits per heavy atom. The number of furan rings is 2. The highest BCUT2D eigenvalue weighted by atomic mass is 32.2. The first-order valence-corrected chi connectivity index (χ1v) is 15.6. The molecule has 9 rings (SSSR count). The van der Waals surface area contributed by atoms with E-state index in [9.17, 15) is 0 Å². The molecule has 3 heterocycles. The van der Waals surface area contributed by atoms with Gasteiger partial charge in [-0.05, 0) is 59.7 Å². The molecule has 0 bridgehead atoms. The quantitative estimate of drug-likeness (QED) is 0.211. The monoisotopic (exact) mass is 574 g/mol. The van der Waals surface area contributed by atoms with Crippen molar-refractivity contribution in [1.82, 2.24) is 0 Å². The van der Waals surface area contributed by atoms with Gasteiger partial charge in [0.25, 0.3) is 0 Å². The topological polar surface area (TPSA) is 68.1 Å². The maximum atomic E-state index is 15.3. The molecular weight excluding hydrogens is 552 g/mol. The van der Waals surface area contributed by atoms with Crippen molar-refractivity contribution in [3.8, 4) is 11.1 Å². The third-order valence-electron chi connectivity index (χ3n) is 8.12. The molecule has 0 amide bonds. The van der Waals surface area contributed by atoms with Crippen LogP contribution in [0.5, 0.6) is 0 Å². The molecule has 0 radical (unpaired) electrons. The fourth-order valence-corrected chi connectivity index (χ4v) is 8.22. The molecule has 0 spiro atoms. The third kappa shape index (κ3) is 3.57. The van der Waals surface area contributed by atoms with Gasteiger partial charge in [-0.15, -0.1) is 0 Å². The smallest absolute Gasteiger partial charge is 0.170 e. The number of hydrogen-bond donors (Lipinski definition) is 0. The first kappa shape index (κ1) is 24.2. The van der Waals surface area contributed by atoms with Gasteiger partial charge in [-0.3, -0.25) is 0 Å². The summed E-state index contributed by atoms with van der Waals surface area (Å²) in [7, 11) is -3.10. The van der Waals surface area contributed by atoms with Crippen LogP contribution in [0, 0.1) is 0 Å². The van der Waals surface area contributed by atoms with Crippen molar-refractivity contribution in [2.75, 3.05) is 0 Å². The zero-order chi connectivity index (χ0) is 28.5. The van der Waals surface area contributed by atoms with Gasteiger partial charge in [0.2, 0.25) is 0 Å². The second-order valence-electron chi connectivity index (χ2n) is 10.6. The van der Waals surface area contributed by atoms with E-state index in [0.29, 0.717) is 21.3 Å². The summed E-state index contributed by atoms with van der Waals surface area (Å²) in [6.45, 7) is 0. The minimum atomic E-state index is -3.10. The summed E-state index contributed by atoms with van der Waals surface area (Å²) in [4.78, 5) is 6.25. The SMILES string of the molecule is O=S1(c2ccccc2)=NC(c2cccc3oc4ccccc4c23)=Nc2ccc(-c3cccc4oc5ccccc5c34)cc21. The van der Waals surface area contributed by atoms with E-state index in [1.165, 1.54) is 0 Å². The van der Waals surface area contributed by atoms with Crippen LogP contribution in [0.1, 0.15) is 5.56 Å². The molecule has 43 heavy (non-hydrogen) atoms. The van der Waals surface area contributed by atoms with Crippen LogP contribution >= 0.6 is 0 Å². The van der Waals surface area contributed by atoms with Crippen LogP contribution in [0.4, 0.5) is 5.69 Å². The molecule has 0 fully saturated rings. The Kier molecular flexibility index (Phi) is 5.07. The fraction of sp³-hybridized carbons (Fsp3) is 0. The van der Waals surface area contributed by atoms with Crippen LogP contribution in [-0.2, 0) is 9.73 Å². The average molecular weight is 575 g/mol. The molecule has 1 aliphatic heterocycles. The van der Waals surface area contributed by atoms with Crippen LogP contribution in [0.2, 0.25) is 0 Å². The van der Waals surface area contributed by atoms with E-state index < -0.39 is 9.73 Å². The van der Waals surface area contributed by atoms with Gasteiger partial charge in [-0.2, -0.15) is 4.36 Å². The Morgan fingerprint density at radius 1 is 0.535 bits per heavy atom. The Morgan fingerprint density at radius 2 is 1.12 bits per heavy atom. The predicted molar refractivity (Wildman–Crippen MR) is 173 cm³/mol. The van der Waals surface area contributed by atoms with Crippen molar-refractivity contribution in [3.05, 3.63) is 139 Å². The fourth-order valence-electron chi connectivity index (χ4n) is 6.17. The Hall–Kier alpha value is -5.46. The van der Waals surface area contributed by atoms with Gasteiger partial charge in [-0.25, -0.2) is 9.20 Å². The molecule has 1 unspecified atom stereocenters. The van der Waals surface area contributed by atoms with E-state index in [-0.39, 0.29) is 0 Å². The van der Waals surface area contributed by atoms with Crippen molar-refractivity contribution in [1.29, 1.82) is 0 Å². The molecule has 1 aliphatic rings. The van der Waals surface area contributed by atoms with Crippen LogP contribution in [-0.4, -0.2) is 10.0 Å². The minimum Gasteiger partial charge on any atom is -0.456 e. The van der Waals surface area contributed by atoms with Crippen molar-refractivity contribution in [3.63, 3.8) is 0 Å². The van der Waals surface area contributed by atoms with Crippen molar-refractivity contribution < 1.29 is 13.0 Å². The normalized spacial score (nSPS) is 16.4. The molecule has 6 aromatic carbocycles. The Labute approximate surface area is 246 Å². The maximum Gasteiger partial charge on any atom is 0.170 e. The van der Waals surface area contributed by atoms with E-state index in [0.717, 1.165) is 60.6 Å². The molecule has 5 nitrogen and oxygen atoms in total. The lowest BCUT2D eigenvalue weighted by Crippen LogP contribution is -2.12. The van der Waals surface area contributed by atoms with E-state index in [1.54, 1.807) is 0 Å². The summed E-state index contributed by atoms with van der Waals surface area (Å²) in [6.07, 6.45) is 0. The summed E-state index contributed by atoms with van der Waals surface area (Å²) in [5.41, 5.74) is 6.53. The third-order valence-corrected chi connectivity index (χ3v) is 10.4. The Balaban J connectivity index is 1.32. The number of nitrogens with zero attached hydrogens (tertiary/aromatic N) is 2. The number of hydrogen-bond acceptors (Lipinski definition) is 5. The molecule has 0 saturated heterocycles.